The zero-order valence-electron chi connectivity index (χ0n) is 19.0. The number of hydrogen-bond donors (Lipinski definition) is 3. The number of ether oxygens (including phenoxy) is 1. The lowest BCUT2D eigenvalue weighted by molar-refractivity contribution is 0.0378. The van der Waals surface area contributed by atoms with Crippen molar-refractivity contribution in [2.75, 3.05) is 50.0 Å². The van der Waals surface area contributed by atoms with Gasteiger partial charge in [-0.05, 0) is 49.6 Å². The van der Waals surface area contributed by atoms with E-state index in [1.807, 2.05) is 42.5 Å². The van der Waals surface area contributed by atoms with Gasteiger partial charge in [-0.3, -0.25) is 10.00 Å². The monoisotopic (exact) mass is 480 g/mol. The van der Waals surface area contributed by atoms with Crippen LogP contribution in [0, 0.1) is 0 Å². The number of aromatic amines is 1. The molecule has 3 aromatic rings. The van der Waals surface area contributed by atoms with Crippen LogP contribution in [0.2, 0.25) is 5.02 Å². The standard InChI is InChI=1S/C24H29ClN8O/c25-19-4-1-3-17(15-19)5-8-21-27-23(26-9-2-10-33-11-13-34-14-12-33)30-24(28-21)29-22-16-20(31-32-22)18-6-7-18/h1,3-5,8,15-16,18H,2,6-7,9-14H2,(H3,26,27,28,29,30,31,32)/b8-5+. The van der Waals surface area contributed by atoms with E-state index in [1.54, 1.807) is 0 Å². The Balaban J connectivity index is 1.27. The molecule has 34 heavy (non-hydrogen) atoms. The van der Waals surface area contributed by atoms with Crippen LogP contribution in [0.3, 0.4) is 0 Å². The molecule has 1 aliphatic carbocycles. The van der Waals surface area contributed by atoms with Gasteiger partial charge in [-0.2, -0.15) is 20.1 Å². The first-order valence-corrected chi connectivity index (χ1v) is 12.1. The number of halogens is 1. The van der Waals surface area contributed by atoms with E-state index in [1.165, 1.54) is 12.8 Å². The molecule has 0 amide bonds. The van der Waals surface area contributed by atoms with E-state index in [0.717, 1.165) is 57.1 Å². The smallest absolute Gasteiger partial charge is 0.233 e. The number of nitrogens with zero attached hydrogens (tertiary/aromatic N) is 5. The topological polar surface area (TPSA) is 104 Å². The first-order chi connectivity index (χ1) is 16.7. The van der Waals surface area contributed by atoms with Crippen LogP contribution in [-0.2, 0) is 4.74 Å². The molecule has 9 nitrogen and oxygen atoms in total. The van der Waals surface area contributed by atoms with Crippen molar-refractivity contribution in [3.8, 4) is 0 Å². The van der Waals surface area contributed by atoms with Crippen LogP contribution >= 0.6 is 11.6 Å². The summed E-state index contributed by atoms with van der Waals surface area (Å²) < 4.78 is 5.42. The first kappa shape index (κ1) is 22.8. The van der Waals surface area contributed by atoms with Gasteiger partial charge in [-0.1, -0.05) is 29.8 Å². The molecule has 0 spiro atoms. The van der Waals surface area contributed by atoms with E-state index in [4.69, 9.17) is 16.3 Å². The highest BCUT2D eigenvalue weighted by atomic mass is 35.5. The number of benzene rings is 1. The van der Waals surface area contributed by atoms with Crippen molar-refractivity contribution in [2.45, 2.75) is 25.2 Å². The lowest BCUT2D eigenvalue weighted by atomic mass is 10.2. The zero-order chi connectivity index (χ0) is 23.2. The predicted octanol–water partition coefficient (Wildman–Crippen LogP) is 4.17. The Hall–Kier alpha value is -3.01. The third kappa shape index (κ3) is 6.53. The molecule has 1 saturated carbocycles. The van der Waals surface area contributed by atoms with Crippen LogP contribution in [0.15, 0.2) is 30.3 Å². The van der Waals surface area contributed by atoms with E-state index < -0.39 is 0 Å². The number of rotatable bonds is 10. The maximum absolute atomic E-state index is 6.11. The number of aromatic nitrogens is 5. The minimum atomic E-state index is 0.449. The fourth-order valence-electron chi connectivity index (χ4n) is 3.83. The Morgan fingerprint density at radius 3 is 2.76 bits per heavy atom. The Bertz CT molecular complexity index is 1120. The summed E-state index contributed by atoms with van der Waals surface area (Å²) in [5, 5.41) is 14.7. The van der Waals surface area contributed by atoms with Gasteiger partial charge in [-0.15, -0.1) is 0 Å². The van der Waals surface area contributed by atoms with Gasteiger partial charge >= 0.3 is 0 Å². The molecule has 2 fully saturated rings. The molecule has 0 atom stereocenters. The summed E-state index contributed by atoms with van der Waals surface area (Å²) in [6.07, 6.45) is 7.21. The van der Waals surface area contributed by atoms with E-state index >= 15 is 0 Å². The molecule has 3 N–H and O–H groups in total. The molecule has 2 aromatic heterocycles. The first-order valence-electron chi connectivity index (χ1n) is 11.8. The summed E-state index contributed by atoms with van der Waals surface area (Å²) >= 11 is 6.11. The number of nitrogens with one attached hydrogen (secondary N) is 3. The Labute approximate surface area is 204 Å². The number of anilines is 3. The van der Waals surface area contributed by atoms with Crippen LogP contribution in [0.5, 0.6) is 0 Å². The molecule has 0 bridgehead atoms. The van der Waals surface area contributed by atoms with Crippen molar-refractivity contribution in [1.82, 2.24) is 30.0 Å². The highest BCUT2D eigenvalue weighted by molar-refractivity contribution is 6.30. The van der Waals surface area contributed by atoms with Gasteiger partial charge < -0.3 is 15.4 Å². The predicted molar refractivity (Wildman–Crippen MR) is 134 cm³/mol. The van der Waals surface area contributed by atoms with Crippen LogP contribution in [0.25, 0.3) is 12.2 Å². The lowest BCUT2D eigenvalue weighted by Crippen LogP contribution is -2.37. The minimum absolute atomic E-state index is 0.449. The van der Waals surface area contributed by atoms with Gasteiger partial charge in [0.1, 0.15) is 0 Å². The second kappa shape index (κ2) is 10.9. The van der Waals surface area contributed by atoms with Crippen molar-refractivity contribution in [1.29, 1.82) is 0 Å². The van der Waals surface area contributed by atoms with Crippen LogP contribution in [0.4, 0.5) is 17.7 Å². The second-order valence-electron chi connectivity index (χ2n) is 8.57. The lowest BCUT2D eigenvalue weighted by Gasteiger charge is -2.26. The van der Waals surface area contributed by atoms with Gasteiger partial charge in [-0.25, -0.2) is 0 Å². The van der Waals surface area contributed by atoms with Crippen LogP contribution in [-0.4, -0.2) is 69.4 Å². The number of hydrogen-bond acceptors (Lipinski definition) is 8. The largest absolute Gasteiger partial charge is 0.379 e. The Morgan fingerprint density at radius 1 is 1.09 bits per heavy atom. The van der Waals surface area contributed by atoms with Gasteiger partial charge in [0.05, 0.1) is 13.2 Å². The number of H-pyrrole nitrogens is 1. The zero-order valence-corrected chi connectivity index (χ0v) is 19.8. The van der Waals surface area contributed by atoms with E-state index in [9.17, 15) is 0 Å². The molecule has 2 aliphatic rings. The highest BCUT2D eigenvalue weighted by Crippen LogP contribution is 2.39. The highest BCUT2D eigenvalue weighted by Gasteiger charge is 2.25. The fraction of sp³-hybridized carbons (Fsp3) is 0.417. The third-order valence-corrected chi connectivity index (χ3v) is 6.05. The Kier molecular flexibility index (Phi) is 7.33. The normalized spacial score (nSPS) is 16.7. The van der Waals surface area contributed by atoms with Crippen LogP contribution in [0.1, 0.15) is 42.3 Å². The molecule has 3 heterocycles. The van der Waals surface area contributed by atoms with E-state index in [2.05, 4.69) is 40.7 Å². The molecule has 10 heteroatoms. The van der Waals surface area contributed by atoms with Gasteiger partial charge in [0.25, 0.3) is 0 Å². The fourth-order valence-corrected chi connectivity index (χ4v) is 4.03. The van der Waals surface area contributed by atoms with Crippen molar-refractivity contribution >= 4 is 41.5 Å². The summed E-state index contributed by atoms with van der Waals surface area (Å²) in [7, 11) is 0. The summed E-state index contributed by atoms with van der Waals surface area (Å²) in [6.45, 7) is 5.40. The van der Waals surface area contributed by atoms with Crippen molar-refractivity contribution in [3.63, 3.8) is 0 Å². The maximum Gasteiger partial charge on any atom is 0.233 e. The SMILES string of the molecule is Clc1cccc(/C=C/c2nc(NCCCN3CCOCC3)nc(Nc3cc(C4CC4)[nH]n3)n2)c1. The minimum Gasteiger partial charge on any atom is -0.379 e. The summed E-state index contributed by atoms with van der Waals surface area (Å²) in [6, 6.07) is 9.67. The molecule has 5 rings (SSSR count). The molecule has 178 valence electrons. The van der Waals surface area contributed by atoms with E-state index in [-0.39, 0.29) is 0 Å². The quantitative estimate of drug-likeness (QED) is 0.371. The molecule has 1 saturated heterocycles. The van der Waals surface area contributed by atoms with E-state index in [0.29, 0.717) is 34.5 Å². The molecular formula is C24H29ClN8O. The van der Waals surface area contributed by atoms with Crippen molar-refractivity contribution in [3.05, 3.63) is 52.4 Å². The summed E-state index contributed by atoms with van der Waals surface area (Å²) in [4.78, 5) is 16.1. The van der Waals surface area contributed by atoms with Crippen LogP contribution < -0.4 is 10.6 Å². The van der Waals surface area contributed by atoms with Gasteiger partial charge in [0.2, 0.25) is 11.9 Å². The summed E-state index contributed by atoms with van der Waals surface area (Å²) in [5.41, 5.74) is 2.13. The molecule has 1 aromatic carbocycles. The summed E-state index contributed by atoms with van der Waals surface area (Å²) in [5.74, 6) is 2.83. The molecule has 0 radical (unpaired) electrons. The number of morpholine rings is 1. The second-order valence-corrected chi connectivity index (χ2v) is 9.01. The van der Waals surface area contributed by atoms with Gasteiger partial charge in [0.15, 0.2) is 11.6 Å². The van der Waals surface area contributed by atoms with Gasteiger partial charge in [0, 0.05) is 42.3 Å². The molecular weight excluding hydrogens is 452 g/mol. The maximum atomic E-state index is 6.11. The average Bonchev–Trinajstić information content (AvgIpc) is 3.60. The Morgan fingerprint density at radius 2 is 1.94 bits per heavy atom. The third-order valence-electron chi connectivity index (χ3n) is 5.82. The average molecular weight is 481 g/mol. The molecule has 0 unspecified atom stereocenters. The van der Waals surface area contributed by atoms with Crippen molar-refractivity contribution < 1.29 is 4.74 Å². The molecule has 1 aliphatic heterocycles. The van der Waals surface area contributed by atoms with Crippen molar-refractivity contribution in [2.24, 2.45) is 0 Å².